The van der Waals surface area contributed by atoms with Gasteiger partial charge in [0.25, 0.3) is 5.91 Å². The topological polar surface area (TPSA) is 77.9 Å². The van der Waals surface area contributed by atoms with Gasteiger partial charge in [0.15, 0.2) is 0 Å². The van der Waals surface area contributed by atoms with E-state index >= 15 is 0 Å². The largest absolute Gasteiger partial charge is 0.480 e. The Morgan fingerprint density at radius 3 is 2.76 bits per heavy atom. The minimum atomic E-state index is -0.975. The second-order valence-electron chi connectivity index (χ2n) is 5.40. The van der Waals surface area contributed by atoms with Crippen molar-refractivity contribution in [2.75, 3.05) is 13.1 Å². The first-order chi connectivity index (χ1) is 10.1. The van der Waals surface area contributed by atoms with E-state index in [9.17, 15) is 14.4 Å². The molecule has 3 rings (SSSR count). The monoisotopic (exact) mass is 288 g/mol. The normalized spacial score (nSPS) is 20.8. The van der Waals surface area contributed by atoms with Gasteiger partial charge < -0.3 is 14.9 Å². The molecule has 0 aromatic heterocycles. The Bertz CT molecular complexity index is 613. The van der Waals surface area contributed by atoms with Crippen LogP contribution in [0.4, 0.5) is 0 Å². The summed E-state index contributed by atoms with van der Waals surface area (Å²) in [7, 11) is 0. The quantitative estimate of drug-likeness (QED) is 0.889. The predicted octanol–water partition coefficient (Wildman–Crippen LogP) is 0.718. The SMILES string of the molecule is O=C(O)C1CCCN1C(=O)CN1Cc2ccccc2C1=O. The highest BCUT2D eigenvalue weighted by molar-refractivity contribution is 6.00. The predicted molar refractivity (Wildman–Crippen MR) is 73.6 cm³/mol. The molecule has 0 radical (unpaired) electrons. The zero-order chi connectivity index (χ0) is 15.0. The van der Waals surface area contributed by atoms with Crippen molar-refractivity contribution in [3.63, 3.8) is 0 Å². The lowest BCUT2D eigenvalue weighted by molar-refractivity contribution is -0.148. The Morgan fingerprint density at radius 1 is 1.29 bits per heavy atom. The van der Waals surface area contributed by atoms with Crippen LogP contribution in [0.5, 0.6) is 0 Å². The van der Waals surface area contributed by atoms with E-state index in [1.807, 2.05) is 12.1 Å². The lowest BCUT2D eigenvalue weighted by Gasteiger charge is -2.24. The molecular formula is C15H16N2O4. The molecule has 0 bridgehead atoms. The van der Waals surface area contributed by atoms with Gasteiger partial charge >= 0.3 is 5.97 Å². The third-order valence-electron chi connectivity index (χ3n) is 4.08. The van der Waals surface area contributed by atoms with Crippen LogP contribution in [-0.4, -0.2) is 51.8 Å². The van der Waals surface area contributed by atoms with Crippen molar-refractivity contribution in [3.8, 4) is 0 Å². The van der Waals surface area contributed by atoms with Gasteiger partial charge in [0.2, 0.25) is 5.91 Å². The fourth-order valence-corrected chi connectivity index (χ4v) is 3.02. The summed E-state index contributed by atoms with van der Waals surface area (Å²) in [6, 6.07) is 6.52. The molecule has 2 aliphatic heterocycles. The fourth-order valence-electron chi connectivity index (χ4n) is 3.02. The zero-order valence-corrected chi connectivity index (χ0v) is 11.5. The summed E-state index contributed by atoms with van der Waals surface area (Å²) < 4.78 is 0. The maximum absolute atomic E-state index is 12.3. The van der Waals surface area contributed by atoms with Crippen LogP contribution in [0.25, 0.3) is 0 Å². The molecular weight excluding hydrogens is 272 g/mol. The molecule has 6 heteroatoms. The van der Waals surface area contributed by atoms with Gasteiger partial charge in [0.1, 0.15) is 12.6 Å². The summed E-state index contributed by atoms with van der Waals surface area (Å²) in [4.78, 5) is 38.5. The van der Waals surface area contributed by atoms with Gasteiger partial charge in [-0.25, -0.2) is 4.79 Å². The Kier molecular flexibility index (Phi) is 3.37. The number of amides is 2. The minimum Gasteiger partial charge on any atom is -0.480 e. The molecule has 6 nitrogen and oxygen atoms in total. The van der Waals surface area contributed by atoms with E-state index in [-0.39, 0.29) is 18.4 Å². The molecule has 2 amide bonds. The molecule has 0 spiro atoms. The van der Waals surface area contributed by atoms with Gasteiger partial charge in [-0.3, -0.25) is 9.59 Å². The molecule has 2 aliphatic rings. The van der Waals surface area contributed by atoms with Crippen LogP contribution in [0, 0.1) is 0 Å². The lowest BCUT2D eigenvalue weighted by Crippen LogP contribution is -2.45. The maximum atomic E-state index is 12.3. The van der Waals surface area contributed by atoms with E-state index in [0.29, 0.717) is 31.5 Å². The van der Waals surface area contributed by atoms with Crippen LogP contribution in [0.15, 0.2) is 24.3 Å². The maximum Gasteiger partial charge on any atom is 0.326 e. The highest BCUT2D eigenvalue weighted by Gasteiger charge is 2.36. The number of aliphatic carboxylic acids is 1. The number of benzene rings is 1. The van der Waals surface area contributed by atoms with Crippen LogP contribution in [-0.2, 0) is 16.1 Å². The van der Waals surface area contributed by atoms with Crippen LogP contribution in [0.1, 0.15) is 28.8 Å². The number of rotatable bonds is 3. The van der Waals surface area contributed by atoms with Gasteiger partial charge in [-0.05, 0) is 24.5 Å². The number of nitrogens with zero attached hydrogens (tertiary/aromatic N) is 2. The molecule has 1 aromatic carbocycles. The van der Waals surface area contributed by atoms with Gasteiger partial charge in [-0.1, -0.05) is 18.2 Å². The molecule has 1 fully saturated rings. The van der Waals surface area contributed by atoms with Gasteiger partial charge in [0.05, 0.1) is 0 Å². The molecule has 1 aromatic rings. The lowest BCUT2D eigenvalue weighted by atomic mass is 10.1. The number of carbonyl (C=O) groups is 3. The molecule has 1 saturated heterocycles. The smallest absolute Gasteiger partial charge is 0.326 e. The number of carboxylic acids is 1. The van der Waals surface area contributed by atoms with Crippen molar-refractivity contribution in [2.24, 2.45) is 0 Å². The van der Waals surface area contributed by atoms with Crippen LogP contribution >= 0.6 is 0 Å². The van der Waals surface area contributed by atoms with Crippen molar-refractivity contribution in [1.29, 1.82) is 0 Å². The second-order valence-corrected chi connectivity index (χ2v) is 5.40. The first-order valence-electron chi connectivity index (χ1n) is 6.97. The summed E-state index contributed by atoms with van der Waals surface area (Å²) in [5, 5.41) is 9.11. The van der Waals surface area contributed by atoms with Crippen LogP contribution in [0.3, 0.4) is 0 Å². The Labute approximate surface area is 122 Å². The van der Waals surface area contributed by atoms with Crippen LogP contribution in [0.2, 0.25) is 0 Å². The van der Waals surface area contributed by atoms with E-state index in [0.717, 1.165) is 5.56 Å². The highest BCUT2D eigenvalue weighted by atomic mass is 16.4. The van der Waals surface area contributed by atoms with Crippen molar-refractivity contribution in [1.82, 2.24) is 9.80 Å². The Hall–Kier alpha value is -2.37. The number of carbonyl (C=O) groups excluding carboxylic acids is 2. The van der Waals surface area contributed by atoms with E-state index in [1.165, 1.54) is 9.80 Å². The summed E-state index contributed by atoms with van der Waals surface area (Å²) in [6.07, 6.45) is 1.17. The summed E-state index contributed by atoms with van der Waals surface area (Å²) >= 11 is 0. The van der Waals surface area contributed by atoms with Gasteiger partial charge in [-0.15, -0.1) is 0 Å². The van der Waals surface area contributed by atoms with Crippen molar-refractivity contribution in [3.05, 3.63) is 35.4 Å². The first-order valence-corrected chi connectivity index (χ1v) is 6.97. The van der Waals surface area contributed by atoms with Gasteiger partial charge in [-0.2, -0.15) is 0 Å². The third-order valence-corrected chi connectivity index (χ3v) is 4.08. The molecule has 2 heterocycles. The zero-order valence-electron chi connectivity index (χ0n) is 11.5. The summed E-state index contributed by atoms with van der Waals surface area (Å²) in [6.45, 7) is 0.800. The second kappa shape index (κ2) is 5.20. The van der Waals surface area contributed by atoms with E-state index in [2.05, 4.69) is 0 Å². The summed E-state index contributed by atoms with van der Waals surface area (Å²) in [5.41, 5.74) is 1.54. The molecule has 110 valence electrons. The molecule has 0 saturated carbocycles. The molecule has 21 heavy (non-hydrogen) atoms. The molecule has 1 atom stereocenters. The van der Waals surface area contributed by atoms with E-state index < -0.39 is 12.0 Å². The summed E-state index contributed by atoms with van der Waals surface area (Å²) in [5.74, 6) is -1.43. The number of hydrogen-bond acceptors (Lipinski definition) is 3. The molecule has 1 N–H and O–H groups in total. The highest BCUT2D eigenvalue weighted by Crippen LogP contribution is 2.23. The standard InChI is InChI=1S/C15H16N2O4/c18-13(17-7-3-6-12(17)15(20)21)9-16-8-10-4-1-2-5-11(10)14(16)19/h1-2,4-5,12H,3,6-9H2,(H,20,21). The Morgan fingerprint density at radius 2 is 2.05 bits per heavy atom. The van der Waals surface area contributed by atoms with E-state index in [1.54, 1.807) is 12.1 Å². The molecule has 1 unspecified atom stereocenters. The van der Waals surface area contributed by atoms with Crippen molar-refractivity contribution >= 4 is 17.8 Å². The first kappa shape index (κ1) is 13.6. The number of fused-ring (bicyclic) bond motifs is 1. The van der Waals surface area contributed by atoms with Crippen molar-refractivity contribution < 1.29 is 19.5 Å². The molecule has 0 aliphatic carbocycles. The fraction of sp³-hybridized carbons (Fsp3) is 0.400. The number of carboxylic acid groups (broad SMARTS) is 1. The van der Waals surface area contributed by atoms with Crippen molar-refractivity contribution in [2.45, 2.75) is 25.4 Å². The average molecular weight is 288 g/mol. The van der Waals surface area contributed by atoms with E-state index in [4.69, 9.17) is 5.11 Å². The average Bonchev–Trinajstić information content (AvgIpc) is 3.05. The number of hydrogen-bond donors (Lipinski definition) is 1. The van der Waals surface area contributed by atoms with Crippen LogP contribution < -0.4 is 0 Å². The number of likely N-dealkylation sites (tertiary alicyclic amines) is 1. The minimum absolute atomic E-state index is 0.0582. The third kappa shape index (κ3) is 2.37. The van der Waals surface area contributed by atoms with Gasteiger partial charge in [0, 0.05) is 18.7 Å². The Balaban J connectivity index is 1.70.